The molecule has 2 atom stereocenters. The number of unbranched alkanes of at least 4 members (excludes halogenated alkanes) is 1. The van der Waals surface area contributed by atoms with Gasteiger partial charge >= 0.3 is 12.1 Å². The largest absolute Gasteiger partial charge is 0.464 e. The van der Waals surface area contributed by atoms with Crippen LogP contribution in [-0.2, 0) is 23.9 Å². The normalized spacial score (nSPS) is 13.6. The fourth-order valence-corrected chi connectivity index (χ4v) is 3.21. The highest BCUT2D eigenvalue weighted by molar-refractivity contribution is 5.94. The van der Waals surface area contributed by atoms with E-state index in [-0.39, 0.29) is 26.0 Å². The van der Waals surface area contributed by atoms with Crippen molar-refractivity contribution in [3.63, 3.8) is 0 Å². The van der Waals surface area contributed by atoms with Crippen molar-refractivity contribution in [2.75, 3.05) is 19.7 Å². The van der Waals surface area contributed by atoms with Gasteiger partial charge in [0.2, 0.25) is 11.8 Å². The van der Waals surface area contributed by atoms with Gasteiger partial charge in [-0.3, -0.25) is 9.59 Å². The number of ether oxygens (including phenoxy) is 2. The van der Waals surface area contributed by atoms with Crippen LogP contribution in [0.5, 0.6) is 0 Å². The molecule has 0 aliphatic rings. The highest BCUT2D eigenvalue weighted by Crippen LogP contribution is 2.24. The number of carbonyl (C=O) groups is 4. The molecule has 2 N–H and O–H groups in total. The van der Waals surface area contributed by atoms with E-state index in [1.807, 2.05) is 6.92 Å². The first-order valence-corrected chi connectivity index (χ1v) is 11.8. The highest BCUT2D eigenvalue weighted by atomic mass is 16.6. The number of amides is 3. The molecule has 0 heterocycles. The van der Waals surface area contributed by atoms with E-state index < -0.39 is 41.1 Å². The Bertz CT molecular complexity index is 716. The van der Waals surface area contributed by atoms with Crippen molar-refractivity contribution in [3.8, 4) is 0 Å². The van der Waals surface area contributed by atoms with Crippen LogP contribution in [0.3, 0.4) is 0 Å². The summed E-state index contributed by atoms with van der Waals surface area (Å²) in [4.78, 5) is 52.6. The molecule has 0 aliphatic heterocycles. The van der Waals surface area contributed by atoms with Gasteiger partial charge in [0.1, 0.15) is 23.7 Å². The van der Waals surface area contributed by atoms with Crippen LogP contribution in [-0.4, -0.2) is 65.7 Å². The van der Waals surface area contributed by atoms with Crippen LogP contribution in [0.4, 0.5) is 4.79 Å². The average Bonchev–Trinajstić information content (AvgIpc) is 2.75. The van der Waals surface area contributed by atoms with E-state index in [1.54, 1.807) is 40.7 Å². The third-order valence-electron chi connectivity index (χ3n) is 5.02. The molecule has 0 saturated heterocycles. The van der Waals surface area contributed by atoms with Crippen molar-refractivity contribution in [2.45, 2.75) is 90.8 Å². The molecule has 0 aliphatic carbocycles. The summed E-state index contributed by atoms with van der Waals surface area (Å²) in [5.74, 6) is -1.49. The van der Waals surface area contributed by atoms with Crippen LogP contribution < -0.4 is 10.6 Å². The van der Waals surface area contributed by atoms with Gasteiger partial charge in [-0.2, -0.15) is 0 Å². The summed E-state index contributed by atoms with van der Waals surface area (Å²) < 4.78 is 10.3. The summed E-state index contributed by atoms with van der Waals surface area (Å²) in [7, 11) is 0. The van der Waals surface area contributed by atoms with Crippen LogP contribution in [0.2, 0.25) is 0 Å². The van der Waals surface area contributed by atoms with E-state index in [1.165, 1.54) is 11.0 Å². The second-order valence-corrected chi connectivity index (χ2v) is 9.16. The second-order valence-electron chi connectivity index (χ2n) is 9.16. The zero-order chi connectivity index (χ0) is 26.4. The standard InChI is InChI=1S/C25H43N3O6/c1-9-13-16-25(8,22(31)27-19(15-11-3)21(30)33-12-4)28(17-14-10-2)20(29)18-26-23(32)34-24(5,6)7/h9,11,19H,1,3,10,12-18H2,2,4-8H3,(H,26,32)(H,27,31). The topological polar surface area (TPSA) is 114 Å². The number of allylic oxidation sites excluding steroid dienone is 1. The van der Waals surface area contributed by atoms with Crippen molar-refractivity contribution in [2.24, 2.45) is 0 Å². The summed E-state index contributed by atoms with van der Waals surface area (Å²) in [6.07, 6.45) is 4.85. The summed E-state index contributed by atoms with van der Waals surface area (Å²) in [5, 5.41) is 5.20. The van der Waals surface area contributed by atoms with Crippen molar-refractivity contribution in [1.82, 2.24) is 15.5 Å². The number of hydrogen-bond acceptors (Lipinski definition) is 6. The number of hydrogen-bond donors (Lipinski definition) is 2. The van der Waals surface area contributed by atoms with Crippen molar-refractivity contribution < 1.29 is 28.7 Å². The molecule has 0 saturated carbocycles. The van der Waals surface area contributed by atoms with E-state index >= 15 is 0 Å². The molecule has 9 nitrogen and oxygen atoms in total. The third kappa shape index (κ3) is 10.9. The number of alkyl carbamates (subject to hydrolysis) is 1. The Labute approximate surface area is 204 Å². The Morgan fingerprint density at radius 3 is 2.21 bits per heavy atom. The minimum absolute atomic E-state index is 0.174. The quantitative estimate of drug-likeness (QED) is 0.273. The Hall–Kier alpha value is -2.84. The molecule has 194 valence electrons. The van der Waals surface area contributed by atoms with Crippen molar-refractivity contribution in [1.29, 1.82) is 0 Å². The minimum atomic E-state index is -1.29. The van der Waals surface area contributed by atoms with Crippen LogP contribution in [0.1, 0.15) is 73.6 Å². The molecule has 0 spiro atoms. The van der Waals surface area contributed by atoms with Gasteiger partial charge in [0, 0.05) is 6.54 Å². The predicted octanol–water partition coefficient (Wildman–Crippen LogP) is 3.49. The molecular weight excluding hydrogens is 438 g/mol. The van der Waals surface area contributed by atoms with Crippen LogP contribution in [0, 0.1) is 0 Å². The fourth-order valence-electron chi connectivity index (χ4n) is 3.21. The smallest absolute Gasteiger partial charge is 0.408 e. The molecular formula is C25H43N3O6. The molecule has 0 aromatic carbocycles. The van der Waals surface area contributed by atoms with Gasteiger partial charge < -0.3 is 25.0 Å². The maximum atomic E-state index is 13.5. The molecule has 0 bridgehead atoms. The van der Waals surface area contributed by atoms with Crippen molar-refractivity contribution >= 4 is 23.9 Å². The minimum Gasteiger partial charge on any atom is -0.464 e. The van der Waals surface area contributed by atoms with E-state index in [0.717, 1.165) is 6.42 Å². The SMILES string of the molecule is C=CCCC(C)(C(=O)NC(CC=C)C(=O)OCC)N(CCCC)C(=O)CNC(=O)OC(C)(C)C. The number of nitrogens with zero attached hydrogens (tertiary/aromatic N) is 1. The zero-order valence-corrected chi connectivity index (χ0v) is 21.7. The molecule has 0 aromatic heterocycles. The highest BCUT2D eigenvalue weighted by Gasteiger charge is 2.42. The fraction of sp³-hybridized carbons (Fsp3) is 0.680. The monoisotopic (exact) mass is 481 g/mol. The molecule has 34 heavy (non-hydrogen) atoms. The first kappa shape index (κ1) is 31.2. The van der Waals surface area contributed by atoms with Crippen LogP contribution >= 0.6 is 0 Å². The summed E-state index contributed by atoms with van der Waals surface area (Å²) >= 11 is 0. The van der Waals surface area contributed by atoms with E-state index in [2.05, 4.69) is 23.8 Å². The number of esters is 1. The Morgan fingerprint density at radius 2 is 1.71 bits per heavy atom. The number of rotatable bonds is 15. The first-order valence-electron chi connectivity index (χ1n) is 11.8. The van der Waals surface area contributed by atoms with Gasteiger partial charge in [0.15, 0.2) is 0 Å². The van der Waals surface area contributed by atoms with E-state index in [9.17, 15) is 19.2 Å². The maximum absolute atomic E-state index is 13.5. The van der Waals surface area contributed by atoms with Gasteiger partial charge in [-0.15, -0.1) is 13.2 Å². The van der Waals surface area contributed by atoms with Gasteiger partial charge in [-0.25, -0.2) is 9.59 Å². The Morgan fingerprint density at radius 1 is 1.06 bits per heavy atom. The molecule has 9 heteroatoms. The van der Waals surface area contributed by atoms with E-state index in [4.69, 9.17) is 9.47 Å². The zero-order valence-electron chi connectivity index (χ0n) is 21.7. The lowest BCUT2D eigenvalue weighted by Gasteiger charge is -2.41. The lowest BCUT2D eigenvalue weighted by Crippen LogP contribution is -2.62. The lowest BCUT2D eigenvalue weighted by molar-refractivity contribution is -0.151. The van der Waals surface area contributed by atoms with E-state index in [0.29, 0.717) is 19.4 Å². The summed E-state index contributed by atoms with van der Waals surface area (Å²) in [6.45, 7) is 18.0. The summed E-state index contributed by atoms with van der Waals surface area (Å²) in [5.41, 5.74) is -2.00. The first-order chi connectivity index (χ1) is 15.9. The molecule has 0 radical (unpaired) electrons. The van der Waals surface area contributed by atoms with Gasteiger partial charge in [0.25, 0.3) is 0 Å². The Balaban J connectivity index is 5.87. The Kier molecular flexibility index (Phi) is 13.9. The number of nitrogens with one attached hydrogen (secondary N) is 2. The molecule has 2 unspecified atom stereocenters. The second kappa shape index (κ2) is 15.1. The lowest BCUT2D eigenvalue weighted by atomic mass is 9.90. The molecule has 3 amide bonds. The third-order valence-corrected chi connectivity index (χ3v) is 5.02. The van der Waals surface area contributed by atoms with Gasteiger partial charge in [-0.1, -0.05) is 25.5 Å². The van der Waals surface area contributed by atoms with Crippen LogP contribution in [0.15, 0.2) is 25.3 Å². The maximum Gasteiger partial charge on any atom is 0.408 e. The van der Waals surface area contributed by atoms with Crippen molar-refractivity contribution in [3.05, 3.63) is 25.3 Å². The average molecular weight is 482 g/mol. The van der Waals surface area contributed by atoms with Gasteiger partial charge in [-0.05, 0) is 60.3 Å². The molecule has 0 rings (SSSR count). The summed E-state index contributed by atoms with van der Waals surface area (Å²) in [6, 6.07) is -0.920. The number of carbonyl (C=O) groups excluding carboxylic acids is 4. The molecule has 0 fully saturated rings. The molecule has 0 aromatic rings. The van der Waals surface area contributed by atoms with Crippen LogP contribution in [0.25, 0.3) is 0 Å². The predicted molar refractivity (Wildman–Crippen MR) is 132 cm³/mol. The van der Waals surface area contributed by atoms with Gasteiger partial charge in [0.05, 0.1) is 6.61 Å².